The van der Waals surface area contributed by atoms with Crippen LogP contribution in [0.2, 0.25) is 5.02 Å². The minimum Gasteiger partial charge on any atom is -0.481 e. The molecule has 1 aromatic heterocycles. The van der Waals surface area contributed by atoms with Crippen LogP contribution >= 0.6 is 11.6 Å². The summed E-state index contributed by atoms with van der Waals surface area (Å²) in [7, 11) is 0. The Labute approximate surface area is 191 Å². The van der Waals surface area contributed by atoms with Crippen LogP contribution in [0.15, 0.2) is 71.1 Å². The molecule has 0 spiro atoms. The van der Waals surface area contributed by atoms with E-state index in [1.165, 1.54) is 0 Å². The minimum atomic E-state index is -0.816. The maximum absolute atomic E-state index is 13.1. The molecule has 0 fully saturated rings. The van der Waals surface area contributed by atoms with Crippen LogP contribution in [0.1, 0.15) is 34.2 Å². The SMILES string of the molecule is Cc1cc(O[C@@H](C)C(=O)Nc2c(C(=O)c3ccccc3)oc3ccccc23)cc(C)c1Cl. The highest BCUT2D eigenvalue weighted by molar-refractivity contribution is 6.32. The second-order valence-corrected chi connectivity index (χ2v) is 8.00. The Hall–Kier alpha value is -3.57. The van der Waals surface area contributed by atoms with E-state index in [9.17, 15) is 9.59 Å². The molecule has 0 radical (unpaired) electrons. The van der Waals surface area contributed by atoms with Gasteiger partial charge in [-0.3, -0.25) is 9.59 Å². The van der Waals surface area contributed by atoms with Crippen molar-refractivity contribution in [3.63, 3.8) is 0 Å². The Kier molecular flexibility index (Phi) is 6.01. The molecule has 0 saturated heterocycles. The van der Waals surface area contributed by atoms with Crippen molar-refractivity contribution in [3.05, 3.63) is 94.2 Å². The molecule has 1 N–H and O–H groups in total. The Balaban J connectivity index is 1.63. The predicted molar refractivity (Wildman–Crippen MR) is 126 cm³/mol. The lowest BCUT2D eigenvalue weighted by molar-refractivity contribution is -0.122. The van der Waals surface area contributed by atoms with Crippen LogP contribution in [0.5, 0.6) is 5.75 Å². The van der Waals surface area contributed by atoms with Gasteiger partial charge in [0, 0.05) is 16.0 Å². The molecule has 6 heteroatoms. The van der Waals surface area contributed by atoms with Gasteiger partial charge in [-0.1, -0.05) is 54.1 Å². The second kappa shape index (κ2) is 8.89. The standard InChI is InChI=1S/C26H22ClNO4/c1-15-13-19(14-16(2)22(15)27)31-17(3)26(30)28-23-20-11-7-8-12-21(20)32-25(23)24(29)18-9-5-4-6-10-18/h4-14,17H,1-3H3,(H,28,30)/t17-/m0/s1. The summed E-state index contributed by atoms with van der Waals surface area (Å²) in [5.41, 5.74) is 3.05. The highest BCUT2D eigenvalue weighted by Crippen LogP contribution is 2.33. The number of anilines is 1. The fraction of sp³-hybridized carbons (Fsp3) is 0.154. The van der Waals surface area contributed by atoms with Gasteiger partial charge in [0.2, 0.25) is 5.78 Å². The molecule has 5 nitrogen and oxygen atoms in total. The quantitative estimate of drug-likeness (QED) is 0.350. The largest absolute Gasteiger partial charge is 0.481 e. The van der Waals surface area contributed by atoms with Crippen molar-refractivity contribution in [2.24, 2.45) is 0 Å². The number of carbonyl (C=O) groups excluding carboxylic acids is 2. The third kappa shape index (κ3) is 4.25. The molecule has 0 aliphatic carbocycles. The first-order valence-corrected chi connectivity index (χ1v) is 10.6. The summed E-state index contributed by atoms with van der Waals surface area (Å²) >= 11 is 6.22. The number of fused-ring (bicyclic) bond motifs is 1. The van der Waals surface area contributed by atoms with Gasteiger partial charge in [0.1, 0.15) is 11.3 Å². The van der Waals surface area contributed by atoms with Crippen molar-refractivity contribution in [2.45, 2.75) is 26.9 Å². The number of amides is 1. The van der Waals surface area contributed by atoms with E-state index in [1.807, 2.05) is 32.0 Å². The molecule has 4 rings (SSSR count). The molecule has 32 heavy (non-hydrogen) atoms. The third-order valence-electron chi connectivity index (χ3n) is 5.18. The molecule has 1 atom stereocenters. The Bertz CT molecular complexity index is 1290. The average Bonchev–Trinajstić information content (AvgIpc) is 3.15. The van der Waals surface area contributed by atoms with Crippen molar-refractivity contribution in [1.29, 1.82) is 0 Å². The number of rotatable bonds is 6. The van der Waals surface area contributed by atoms with Gasteiger partial charge in [-0.15, -0.1) is 0 Å². The van der Waals surface area contributed by atoms with Crippen LogP contribution in [0.4, 0.5) is 5.69 Å². The van der Waals surface area contributed by atoms with Gasteiger partial charge in [0.25, 0.3) is 5.91 Å². The van der Waals surface area contributed by atoms with Crippen molar-refractivity contribution < 1.29 is 18.7 Å². The number of ether oxygens (including phenoxy) is 1. The summed E-state index contributed by atoms with van der Waals surface area (Å²) < 4.78 is 11.7. The zero-order valence-corrected chi connectivity index (χ0v) is 18.7. The summed E-state index contributed by atoms with van der Waals surface area (Å²) in [4.78, 5) is 26.1. The average molecular weight is 448 g/mol. The summed E-state index contributed by atoms with van der Waals surface area (Å²) in [6.07, 6.45) is -0.816. The van der Waals surface area contributed by atoms with Crippen molar-refractivity contribution in [2.75, 3.05) is 5.32 Å². The number of para-hydroxylation sites is 1. The molecule has 0 unspecified atom stereocenters. The van der Waals surface area contributed by atoms with E-state index in [1.54, 1.807) is 55.5 Å². The number of furan rings is 1. The number of benzene rings is 3. The molecular weight excluding hydrogens is 426 g/mol. The van der Waals surface area contributed by atoms with E-state index in [4.69, 9.17) is 20.8 Å². The minimum absolute atomic E-state index is 0.0798. The molecule has 1 amide bonds. The Morgan fingerprint density at radius 1 is 0.969 bits per heavy atom. The lowest BCUT2D eigenvalue weighted by Crippen LogP contribution is -2.30. The highest BCUT2D eigenvalue weighted by atomic mass is 35.5. The fourth-order valence-corrected chi connectivity index (χ4v) is 3.62. The van der Waals surface area contributed by atoms with E-state index in [-0.39, 0.29) is 11.5 Å². The fourth-order valence-electron chi connectivity index (χ4n) is 3.51. The first-order chi connectivity index (χ1) is 15.3. The van der Waals surface area contributed by atoms with Crippen LogP contribution in [-0.4, -0.2) is 17.8 Å². The molecular formula is C26H22ClNO4. The normalized spacial score (nSPS) is 11.9. The summed E-state index contributed by atoms with van der Waals surface area (Å²) in [5, 5.41) is 4.15. The van der Waals surface area contributed by atoms with Crippen molar-refractivity contribution >= 4 is 39.9 Å². The van der Waals surface area contributed by atoms with E-state index in [2.05, 4.69) is 5.32 Å². The van der Waals surface area contributed by atoms with E-state index >= 15 is 0 Å². The van der Waals surface area contributed by atoms with Crippen LogP contribution in [-0.2, 0) is 4.79 Å². The molecule has 4 aromatic rings. The maximum atomic E-state index is 13.1. The van der Waals surface area contributed by atoms with Gasteiger partial charge >= 0.3 is 0 Å². The zero-order chi connectivity index (χ0) is 22.8. The lowest BCUT2D eigenvalue weighted by Gasteiger charge is -2.16. The third-order valence-corrected chi connectivity index (χ3v) is 5.77. The molecule has 0 aliphatic rings. The summed E-state index contributed by atoms with van der Waals surface area (Å²) in [5.74, 6) is -0.0839. The van der Waals surface area contributed by atoms with Crippen LogP contribution < -0.4 is 10.1 Å². The first-order valence-electron chi connectivity index (χ1n) is 10.2. The first kappa shape index (κ1) is 21.7. The monoisotopic (exact) mass is 447 g/mol. The molecule has 0 aliphatic heterocycles. The smallest absolute Gasteiger partial charge is 0.265 e. The number of halogens is 1. The zero-order valence-electron chi connectivity index (χ0n) is 17.9. The summed E-state index contributed by atoms with van der Waals surface area (Å²) in [6.45, 7) is 5.41. The predicted octanol–water partition coefficient (Wildman–Crippen LogP) is 6.34. The number of aryl methyl sites for hydroxylation is 2. The number of ketones is 1. The molecule has 162 valence electrons. The number of carbonyl (C=O) groups is 2. The summed E-state index contributed by atoms with van der Waals surface area (Å²) in [6, 6.07) is 19.6. The Morgan fingerprint density at radius 2 is 1.59 bits per heavy atom. The van der Waals surface area contributed by atoms with E-state index in [0.29, 0.717) is 33.0 Å². The lowest BCUT2D eigenvalue weighted by atomic mass is 10.1. The molecule has 0 saturated carbocycles. The highest BCUT2D eigenvalue weighted by Gasteiger charge is 2.25. The van der Waals surface area contributed by atoms with Crippen molar-refractivity contribution in [3.8, 4) is 5.75 Å². The van der Waals surface area contributed by atoms with E-state index in [0.717, 1.165) is 11.1 Å². The van der Waals surface area contributed by atoms with Gasteiger partial charge < -0.3 is 14.5 Å². The van der Waals surface area contributed by atoms with Gasteiger partial charge in [0.15, 0.2) is 11.9 Å². The van der Waals surface area contributed by atoms with Gasteiger partial charge in [-0.2, -0.15) is 0 Å². The number of nitrogens with one attached hydrogen (secondary N) is 1. The van der Waals surface area contributed by atoms with Crippen molar-refractivity contribution in [1.82, 2.24) is 0 Å². The van der Waals surface area contributed by atoms with Gasteiger partial charge in [-0.05, 0) is 56.2 Å². The van der Waals surface area contributed by atoms with Gasteiger partial charge in [-0.25, -0.2) is 0 Å². The van der Waals surface area contributed by atoms with Gasteiger partial charge in [0.05, 0.1) is 5.69 Å². The van der Waals surface area contributed by atoms with Crippen LogP contribution in [0, 0.1) is 13.8 Å². The van der Waals surface area contributed by atoms with Crippen LogP contribution in [0.25, 0.3) is 11.0 Å². The van der Waals surface area contributed by atoms with Crippen LogP contribution in [0.3, 0.4) is 0 Å². The van der Waals surface area contributed by atoms with E-state index < -0.39 is 12.0 Å². The molecule has 1 heterocycles. The maximum Gasteiger partial charge on any atom is 0.265 e. The topological polar surface area (TPSA) is 68.5 Å². The molecule has 0 bridgehead atoms. The Morgan fingerprint density at radius 3 is 2.28 bits per heavy atom. The second-order valence-electron chi connectivity index (χ2n) is 7.62. The molecule has 3 aromatic carbocycles. The number of hydrogen-bond donors (Lipinski definition) is 1. The number of hydrogen-bond acceptors (Lipinski definition) is 4.